The molecule has 5 aromatic carbocycles. The summed E-state index contributed by atoms with van der Waals surface area (Å²) in [5.41, 5.74) is 11.6. The number of hydrogen-bond acceptors (Lipinski definition) is 0. The van der Waals surface area contributed by atoms with Gasteiger partial charge in [0.2, 0.25) is 0 Å². The van der Waals surface area contributed by atoms with Gasteiger partial charge in [0, 0.05) is 0 Å². The van der Waals surface area contributed by atoms with Crippen LogP contribution in [0.4, 0.5) is 0 Å². The number of rotatable bonds is 2. The van der Waals surface area contributed by atoms with E-state index >= 15 is 0 Å². The Bertz CT molecular complexity index is 1830. The van der Waals surface area contributed by atoms with E-state index in [1.807, 2.05) is 0 Å². The van der Waals surface area contributed by atoms with Crippen LogP contribution in [0.15, 0.2) is 108 Å². The van der Waals surface area contributed by atoms with Crippen molar-refractivity contribution in [2.45, 2.75) is 101 Å². The van der Waals surface area contributed by atoms with Crippen LogP contribution in [-0.2, 0) is 35.1 Å². The normalized spacial score (nSPS) is 14.3. The van der Waals surface area contributed by atoms with Gasteiger partial charge in [0.15, 0.2) is 0 Å². The summed E-state index contributed by atoms with van der Waals surface area (Å²) < 4.78 is 1.42. The summed E-state index contributed by atoms with van der Waals surface area (Å²) in [6.07, 6.45) is 5.71. The summed E-state index contributed by atoms with van der Waals surface area (Å²) in [5, 5.41) is 5.48. The van der Waals surface area contributed by atoms with Gasteiger partial charge in [-0.15, -0.1) is 39.7 Å². The quantitative estimate of drug-likeness (QED) is 0.168. The number of fused-ring (bicyclic) bond motifs is 3. The first-order valence-electron chi connectivity index (χ1n) is 17.4. The van der Waals surface area contributed by atoms with Crippen LogP contribution >= 0.6 is 0 Å². The van der Waals surface area contributed by atoms with Crippen molar-refractivity contribution in [2.75, 3.05) is 0 Å². The molecule has 264 valence electrons. The Hall–Kier alpha value is -2.44. The maximum Gasteiger partial charge on any atom is -1.00 e. The first-order chi connectivity index (χ1) is 22.2. The van der Waals surface area contributed by atoms with E-state index < -0.39 is 0 Å². The molecule has 0 heterocycles. The Morgan fingerprint density at radius 3 is 1.24 bits per heavy atom. The van der Waals surface area contributed by atoms with Crippen molar-refractivity contribution in [3.05, 3.63) is 148 Å². The molecule has 0 aliphatic heterocycles. The van der Waals surface area contributed by atoms with Gasteiger partial charge in [-0.25, -0.2) is 5.57 Å². The number of aryl methyl sites for hydroxylation is 2. The standard InChI is InChI=1S/C21H25.C15H14.C11H17.2ClH.Zr/c1-20(2,3)16-7-9-18-14(12-16)11-15-13-17(21(4,5)6)8-10-19(15)18;1-12-3-7-14(8-4-12)11-15-9-5-13(2)6-10-15;1-8-6-9(2)10(7-8)11(3,4)5;;;/h7-13H,1-6H3;3-10H,1-2H3;7-8H,1-5H3;2*1H;/q-1;;-1;;;+2/p-2. The topological polar surface area (TPSA) is 0 Å². The number of hydrogen-bond donors (Lipinski definition) is 0. The molecule has 0 saturated carbocycles. The molecule has 1 aliphatic carbocycles. The Morgan fingerprint density at radius 1 is 0.580 bits per heavy atom. The number of allylic oxidation sites excluding steroid dienone is 4. The average Bonchev–Trinajstić information content (AvgIpc) is 3.55. The van der Waals surface area contributed by atoms with Crippen LogP contribution in [0.2, 0.25) is 0 Å². The van der Waals surface area contributed by atoms with Gasteiger partial charge in [-0.2, -0.15) is 11.6 Å². The molecule has 1 unspecified atom stereocenters. The van der Waals surface area contributed by atoms with E-state index in [4.69, 9.17) is 0 Å². The molecule has 1 atom stereocenters. The van der Waals surface area contributed by atoms with E-state index in [9.17, 15) is 0 Å². The summed E-state index contributed by atoms with van der Waals surface area (Å²) in [6.45, 7) is 29.0. The minimum absolute atomic E-state index is 0. The first kappa shape index (κ1) is 43.7. The fourth-order valence-electron chi connectivity index (χ4n) is 6.21. The molecule has 0 saturated heterocycles. The zero-order valence-electron chi connectivity index (χ0n) is 32.6. The van der Waals surface area contributed by atoms with Gasteiger partial charge in [0.05, 0.1) is 0 Å². The molecular formula is C47H56Cl2Zr-2. The molecule has 0 aromatic heterocycles. The minimum Gasteiger partial charge on any atom is -1.00 e. The van der Waals surface area contributed by atoms with Gasteiger partial charge in [-0.3, -0.25) is 6.08 Å². The van der Waals surface area contributed by atoms with Gasteiger partial charge in [-0.05, 0) is 10.8 Å². The first-order valence-corrected chi connectivity index (χ1v) is 18.7. The van der Waals surface area contributed by atoms with E-state index in [0.29, 0.717) is 11.3 Å². The minimum atomic E-state index is 0. The molecule has 0 N–H and O–H groups in total. The smallest absolute Gasteiger partial charge is 1.00 e. The van der Waals surface area contributed by atoms with Crippen LogP contribution in [0.3, 0.4) is 0 Å². The maximum atomic E-state index is 3.40. The molecule has 3 heteroatoms. The number of benzene rings is 4. The van der Waals surface area contributed by atoms with E-state index in [0.717, 1.165) is 0 Å². The van der Waals surface area contributed by atoms with Gasteiger partial charge in [-0.1, -0.05) is 123 Å². The Balaban J connectivity index is 0.000000268. The van der Waals surface area contributed by atoms with Gasteiger partial charge in [0.25, 0.3) is 0 Å². The second kappa shape index (κ2) is 17.4. The fraction of sp³-hybridized carbons (Fsp3) is 0.362. The second-order valence-corrected chi connectivity index (χ2v) is 18.0. The van der Waals surface area contributed by atoms with Crippen LogP contribution in [0, 0.1) is 31.3 Å². The third kappa shape index (κ3) is 11.3. The third-order valence-electron chi connectivity index (χ3n) is 9.19. The number of halogens is 2. The summed E-state index contributed by atoms with van der Waals surface area (Å²) in [5.74, 6) is 0.518. The molecule has 1 aliphatic rings. The largest absolute Gasteiger partial charge is 1.00 e. The van der Waals surface area contributed by atoms with Crippen molar-refractivity contribution in [1.29, 1.82) is 0 Å². The Labute approximate surface area is 331 Å². The Kier molecular flexibility index (Phi) is 15.2. The van der Waals surface area contributed by atoms with Gasteiger partial charge in [0.1, 0.15) is 0 Å². The molecule has 0 radical (unpaired) electrons. The summed E-state index contributed by atoms with van der Waals surface area (Å²) in [7, 11) is 0. The predicted molar refractivity (Wildman–Crippen MR) is 209 cm³/mol. The summed E-state index contributed by atoms with van der Waals surface area (Å²) in [6, 6.07) is 33.7. The van der Waals surface area contributed by atoms with Crippen LogP contribution in [0.25, 0.3) is 21.5 Å². The molecule has 0 fully saturated rings. The maximum absolute atomic E-state index is 3.40. The zero-order chi connectivity index (χ0) is 35.6. The van der Waals surface area contributed by atoms with Crippen molar-refractivity contribution in [1.82, 2.24) is 0 Å². The van der Waals surface area contributed by atoms with Crippen LogP contribution in [0.5, 0.6) is 0 Å². The molecule has 6 rings (SSSR count). The molecule has 50 heavy (non-hydrogen) atoms. The summed E-state index contributed by atoms with van der Waals surface area (Å²) >= 11 is 1.46. The molecule has 5 aromatic rings. The second-order valence-electron chi connectivity index (χ2n) is 16.7. The van der Waals surface area contributed by atoms with Crippen molar-refractivity contribution < 1.29 is 49.0 Å². The molecule has 0 spiro atoms. The molecule has 0 bridgehead atoms. The van der Waals surface area contributed by atoms with Crippen LogP contribution in [-0.4, -0.2) is 3.21 Å². The van der Waals surface area contributed by atoms with Crippen LogP contribution in [0.1, 0.15) is 110 Å². The monoisotopic (exact) mass is 780 g/mol. The predicted octanol–water partition coefficient (Wildman–Crippen LogP) is 7.09. The van der Waals surface area contributed by atoms with Crippen molar-refractivity contribution >= 4 is 24.8 Å². The molecule has 0 amide bonds. The van der Waals surface area contributed by atoms with E-state index in [1.54, 1.807) is 0 Å². The van der Waals surface area contributed by atoms with Crippen molar-refractivity contribution in [2.24, 2.45) is 11.3 Å². The fourth-order valence-corrected chi connectivity index (χ4v) is 7.03. The zero-order valence-corrected chi connectivity index (χ0v) is 36.5. The van der Waals surface area contributed by atoms with E-state index in [1.165, 1.54) is 93.5 Å². The summed E-state index contributed by atoms with van der Waals surface area (Å²) in [4.78, 5) is 0. The van der Waals surface area contributed by atoms with Gasteiger partial charge >= 0.3 is 112 Å². The average molecular weight is 783 g/mol. The Morgan fingerprint density at radius 2 is 0.960 bits per heavy atom. The molecule has 0 nitrogen and oxygen atoms in total. The van der Waals surface area contributed by atoms with Crippen molar-refractivity contribution in [3.63, 3.8) is 0 Å². The van der Waals surface area contributed by atoms with E-state index in [-0.39, 0.29) is 35.6 Å². The third-order valence-corrected chi connectivity index (χ3v) is 10.6. The van der Waals surface area contributed by atoms with Gasteiger partial charge < -0.3 is 24.8 Å². The SMILES string of the molecule is CC(C)(C)c1ccc2c(c1)[cH-]c1cc(C(C)(C)C)ccc12.CC1=[C-]C(C)C=C1C(C)(C)C.Cc1ccc([C](=[Zr+2])c2ccc(C)cc2)cc1.[Cl-].[Cl-]. The molecular weight excluding hydrogens is 727 g/mol. The van der Waals surface area contributed by atoms with Crippen LogP contribution < -0.4 is 24.8 Å². The van der Waals surface area contributed by atoms with Crippen molar-refractivity contribution in [3.8, 4) is 0 Å². The van der Waals surface area contributed by atoms with E-state index in [2.05, 4.69) is 193 Å².